The van der Waals surface area contributed by atoms with Crippen molar-refractivity contribution in [2.75, 3.05) is 13.2 Å². The summed E-state index contributed by atoms with van der Waals surface area (Å²) in [5, 5.41) is 0.153. The summed E-state index contributed by atoms with van der Waals surface area (Å²) in [4.78, 5) is 3.87. The molecule has 0 spiro atoms. The maximum Gasteiger partial charge on any atom is 0.241 e. The number of ether oxygens (including phenoxy) is 1. The number of rotatable bonds is 3. The predicted molar refractivity (Wildman–Crippen MR) is 63.4 cm³/mol. The van der Waals surface area contributed by atoms with Crippen molar-refractivity contribution < 1.29 is 13.2 Å². The number of pyridine rings is 1. The smallest absolute Gasteiger partial charge is 0.241 e. The Morgan fingerprint density at radius 2 is 2.35 bits per heavy atom. The van der Waals surface area contributed by atoms with Crippen LogP contribution in [0, 0.1) is 0 Å². The van der Waals surface area contributed by atoms with Crippen molar-refractivity contribution in [1.82, 2.24) is 9.71 Å². The normalized spacial score (nSPS) is 25.1. The molecule has 1 unspecified atom stereocenters. The van der Waals surface area contributed by atoms with Gasteiger partial charge in [-0.3, -0.25) is 0 Å². The van der Waals surface area contributed by atoms with Crippen molar-refractivity contribution in [3.05, 3.63) is 23.5 Å². The van der Waals surface area contributed by atoms with Crippen molar-refractivity contribution in [1.29, 1.82) is 0 Å². The third kappa shape index (κ3) is 2.95. The van der Waals surface area contributed by atoms with Crippen molar-refractivity contribution in [3.63, 3.8) is 0 Å². The lowest BCUT2D eigenvalue weighted by Crippen LogP contribution is -2.46. The van der Waals surface area contributed by atoms with Crippen molar-refractivity contribution >= 4 is 21.6 Å². The molecule has 1 saturated heterocycles. The summed E-state index contributed by atoms with van der Waals surface area (Å²) in [6.45, 7) is 2.77. The Morgan fingerprint density at radius 3 is 2.94 bits per heavy atom. The van der Waals surface area contributed by atoms with Crippen LogP contribution in [0.25, 0.3) is 0 Å². The van der Waals surface area contributed by atoms with E-state index in [1.807, 2.05) is 6.92 Å². The van der Waals surface area contributed by atoms with Crippen LogP contribution < -0.4 is 4.72 Å². The van der Waals surface area contributed by atoms with Crippen molar-refractivity contribution in [3.8, 4) is 0 Å². The molecule has 94 valence electrons. The van der Waals surface area contributed by atoms with Gasteiger partial charge in [-0.15, -0.1) is 0 Å². The molecule has 0 radical (unpaired) electrons. The molecule has 5 nitrogen and oxygen atoms in total. The fraction of sp³-hybridized carbons (Fsp3) is 0.500. The van der Waals surface area contributed by atoms with Crippen LogP contribution in [0.3, 0.4) is 0 Å². The van der Waals surface area contributed by atoms with Gasteiger partial charge >= 0.3 is 0 Å². The lowest BCUT2D eigenvalue weighted by Gasteiger charge is -2.23. The molecule has 0 aromatic carbocycles. The lowest BCUT2D eigenvalue weighted by atomic mass is 10.0. The molecule has 1 atom stereocenters. The Kier molecular flexibility index (Phi) is 3.40. The zero-order chi connectivity index (χ0) is 12.5. The van der Waals surface area contributed by atoms with Crippen LogP contribution in [0.2, 0.25) is 5.15 Å². The maximum absolute atomic E-state index is 12.1. The van der Waals surface area contributed by atoms with E-state index in [1.54, 1.807) is 0 Å². The highest BCUT2D eigenvalue weighted by molar-refractivity contribution is 7.89. The summed E-state index contributed by atoms with van der Waals surface area (Å²) in [6.07, 6.45) is 2.02. The minimum atomic E-state index is -3.58. The molecular formula is C10H13ClN2O3S. The van der Waals surface area contributed by atoms with E-state index < -0.39 is 15.6 Å². The molecule has 0 aliphatic carbocycles. The van der Waals surface area contributed by atoms with Crippen LogP contribution in [0.1, 0.15) is 13.3 Å². The topological polar surface area (TPSA) is 68.3 Å². The van der Waals surface area contributed by atoms with Gasteiger partial charge in [0.15, 0.2) is 0 Å². The summed E-state index contributed by atoms with van der Waals surface area (Å²) < 4.78 is 32.0. The molecule has 0 saturated carbocycles. The van der Waals surface area contributed by atoms with Crippen molar-refractivity contribution in [2.24, 2.45) is 0 Å². The zero-order valence-corrected chi connectivity index (χ0v) is 10.9. The molecule has 1 aromatic rings. The average molecular weight is 277 g/mol. The van der Waals surface area contributed by atoms with Crippen LogP contribution >= 0.6 is 11.6 Å². The van der Waals surface area contributed by atoms with E-state index in [4.69, 9.17) is 16.3 Å². The van der Waals surface area contributed by atoms with E-state index in [0.29, 0.717) is 19.6 Å². The zero-order valence-electron chi connectivity index (χ0n) is 9.31. The second-order valence-electron chi connectivity index (χ2n) is 4.28. The molecular weight excluding hydrogens is 264 g/mol. The summed E-state index contributed by atoms with van der Waals surface area (Å²) >= 11 is 5.67. The van der Waals surface area contributed by atoms with E-state index in [1.165, 1.54) is 18.3 Å². The number of halogens is 1. The molecule has 0 bridgehead atoms. The number of aromatic nitrogens is 1. The first-order valence-corrected chi connectivity index (χ1v) is 7.01. The SMILES string of the molecule is CC1(NS(=O)(=O)c2ccnc(Cl)c2)CCOC1. The number of nitrogens with one attached hydrogen (secondary N) is 1. The van der Waals surface area contributed by atoms with Crippen LogP contribution in [-0.2, 0) is 14.8 Å². The summed E-state index contributed by atoms with van der Waals surface area (Å²) in [5.74, 6) is 0. The number of hydrogen-bond acceptors (Lipinski definition) is 4. The second kappa shape index (κ2) is 4.53. The van der Waals surface area contributed by atoms with E-state index in [9.17, 15) is 8.42 Å². The van der Waals surface area contributed by atoms with Crippen LogP contribution in [-0.4, -0.2) is 32.2 Å². The van der Waals surface area contributed by atoms with E-state index >= 15 is 0 Å². The Labute approximate surface area is 105 Å². The quantitative estimate of drug-likeness (QED) is 0.842. The van der Waals surface area contributed by atoms with Crippen LogP contribution in [0.15, 0.2) is 23.2 Å². The largest absolute Gasteiger partial charge is 0.379 e. The molecule has 1 aromatic heterocycles. The van der Waals surface area contributed by atoms with Gasteiger partial charge in [0, 0.05) is 12.8 Å². The first-order valence-electron chi connectivity index (χ1n) is 5.15. The Hall–Kier alpha value is -0.690. The first-order chi connectivity index (χ1) is 7.91. The molecule has 1 aliphatic heterocycles. The van der Waals surface area contributed by atoms with Gasteiger partial charge in [0.25, 0.3) is 0 Å². The van der Waals surface area contributed by atoms with Gasteiger partial charge in [-0.1, -0.05) is 11.6 Å². The highest BCUT2D eigenvalue weighted by atomic mass is 35.5. The van der Waals surface area contributed by atoms with Gasteiger partial charge in [0.05, 0.1) is 17.0 Å². The molecule has 2 rings (SSSR count). The fourth-order valence-corrected chi connectivity index (χ4v) is 3.36. The lowest BCUT2D eigenvalue weighted by molar-refractivity contribution is 0.178. The second-order valence-corrected chi connectivity index (χ2v) is 6.35. The third-order valence-electron chi connectivity index (χ3n) is 2.61. The number of hydrogen-bond donors (Lipinski definition) is 1. The van der Waals surface area contributed by atoms with Gasteiger partial charge in [-0.05, 0) is 25.5 Å². The molecule has 1 aliphatic rings. The molecule has 7 heteroatoms. The maximum atomic E-state index is 12.1. The first kappa shape index (κ1) is 12.8. The summed E-state index contributed by atoms with van der Waals surface area (Å²) in [6, 6.07) is 2.73. The molecule has 17 heavy (non-hydrogen) atoms. The standard InChI is InChI=1S/C10H13ClN2O3S/c1-10(3-5-16-7-10)13-17(14,15)8-2-4-12-9(11)6-8/h2,4,6,13H,3,5,7H2,1H3. The van der Waals surface area contributed by atoms with Crippen LogP contribution in [0.5, 0.6) is 0 Å². The Bertz CT molecular complexity index is 512. The van der Waals surface area contributed by atoms with Crippen LogP contribution in [0.4, 0.5) is 0 Å². The fourth-order valence-electron chi connectivity index (χ4n) is 1.68. The minimum Gasteiger partial charge on any atom is -0.379 e. The highest BCUT2D eigenvalue weighted by Gasteiger charge is 2.34. The highest BCUT2D eigenvalue weighted by Crippen LogP contribution is 2.21. The van der Waals surface area contributed by atoms with Gasteiger partial charge in [0.1, 0.15) is 5.15 Å². The predicted octanol–water partition coefficient (Wildman–Crippen LogP) is 1.19. The molecule has 2 heterocycles. The summed E-state index contributed by atoms with van der Waals surface area (Å²) in [5.41, 5.74) is -0.547. The third-order valence-corrected chi connectivity index (χ3v) is 4.45. The molecule has 0 amide bonds. The Balaban J connectivity index is 2.25. The Morgan fingerprint density at radius 1 is 1.59 bits per heavy atom. The van der Waals surface area contributed by atoms with Gasteiger partial charge in [-0.2, -0.15) is 0 Å². The van der Waals surface area contributed by atoms with Crippen molar-refractivity contribution in [2.45, 2.75) is 23.8 Å². The summed E-state index contributed by atoms with van der Waals surface area (Å²) in [7, 11) is -3.58. The number of sulfonamides is 1. The monoisotopic (exact) mass is 276 g/mol. The van der Waals surface area contributed by atoms with E-state index in [0.717, 1.165) is 0 Å². The average Bonchev–Trinajstić information content (AvgIpc) is 2.64. The molecule has 1 N–H and O–H groups in total. The van der Waals surface area contributed by atoms with Gasteiger partial charge in [-0.25, -0.2) is 18.1 Å². The van der Waals surface area contributed by atoms with Gasteiger partial charge < -0.3 is 4.74 Å². The number of nitrogens with zero attached hydrogens (tertiary/aromatic N) is 1. The van der Waals surface area contributed by atoms with Gasteiger partial charge in [0.2, 0.25) is 10.0 Å². The van der Waals surface area contributed by atoms with E-state index in [-0.39, 0.29) is 10.0 Å². The minimum absolute atomic E-state index is 0.116. The van der Waals surface area contributed by atoms with E-state index in [2.05, 4.69) is 9.71 Å². The molecule has 1 fully saturated rings.